The average molecular weight is 289 g/mol. The molecule has 112 valence electrons. The molecule has 0 aliphatic rings. The summed E-state index contributed by atoms with van der Waals surface area (Å²) in [5.41, 5.74) is -0.135. The molecule has 7 nitrogen and oxygen atoms in total. The maximum absolute atomic E-state index is 12.2. The molecule has 7 heteroatoms. The van der Waals surface area contributed by atoms with Crippen molar-refractivity contribution >= 4 is 5.91 Å². The summed E-state index contributed by atoms with van der Waals surface area (Å²) in [6.45, 7) is 5.69. The molecule has 0 atom stereocenters. The highest BCUT2D eigenvalue weighted by atomic mass is 16.2. The molecule has 1 heterocycles. The second-order valence-corrected chi connectivity index (χ2v) is 5.45. The smallest absolute Gasteiger partial charge is 0.350 e. The first-order valence-corrected chi connectivity index (χ1v) is 6.82. The highest BCUT2D eigenvalue weighted by Gasteiger charge is 2.19. The number of hydrogen-bond donors (Lipinski definition) is 1. The van der Waals surface area contributed by atoms with Gasteiger partial charge in [0.15, 0.2) is 0 Å². The monoisotopic (exact) mass is 289 g/mol. The lowest BCUT2D eigenvalue weighted by atomic mass is 10.0. The third kappa shape index (κ3) is 3.56. The Labute approximate surface area is 122 Å². The summed E-state index contributed by atoms with van der Waals surface area (Å²) in [4.78, 5) is 24.1. The quantitative estimate of drug-likeness (QED) is 0.880. The van der Waals surface area contributed by atoms with Crippen LogP contribution in [0.4, 0.5) is 0 Å². The molecule has 0 spiro atoms. The van der Waals surface area contributed by atoms with Crippen LogP contribution in [-0.2, 0) is 11.3 Å². The molecule has 0 bridgehead atoms. The van der Waals surface area contributed by atoms with Crippen molar-refractivity contribution < 1.29 is 4.79 Å². The van der Waals surface area contributed by atoms with Gasteiger partial charge in [0.2, 0.25) is 5.91 Å². The topological polar surface area (TPSA) is 81.8 Å². The molecule has 1 amide bonds. The molecule has 0 saturated carbocycles. The molecule has 0 fully saturated rings. The zero-order valence-corrected chi connectivity index (χ0v) is 12.4. The molecule has 1 aromatic carbocycles. The van der Waals surface area contributed by atoms with Crippen molar-refractivity contribution in [2.24, 2.45) is 0 Å². The summed E-state index contributed by atoms with van der Waals surface area (Å²) < 4.78 is 2.21. The SMILES string of the molecule is CCC(C)(C)NC(=O)Cn1nnn(-c2ccccc2)c1=O. The fourth-order valence-corrected chi connectivity index (χ4v) is 1.75. The van der Waals surface area contributed by atoms with E-state index in [4.69, 9.17) is 0 Å². The number of aromatic nitrogens is 4. The lowest BCUT2D eigenvalue weighted by Gasteiger charge is -2.24. The van der Waals surface area contributed by atoms with Crippen LogP contribution in [0, 0.1) is 0 Å². The van der Waals surface area contributed by atoms with E-state index >= 15 is 0 Å². The molecule has 0 unspecified atom stereocenters. The number of tetrazole rings is 1. The maximum Gasteiger partial charge on any atom is 0.368 e. The average Bonchev–Trinajstić information content (AvgIpc) is 2.80. The van der Waals surface area contributed by atoms with Crippen LogP contribution >= 0.6 is 0 Å². The summed E-state index contributed by atoms with van der Waals surface area (Å²) in [6, 6.07) is 8.95. The normalized spacial score (nSPS) is 11.4. The van der Waals surface area contributed by atoms with Crippen molar-refractivity contribution in [3.05, 3.63) is 40.8 Å². The van der Waals surface area contributed by atoms with Crippen LogP contribution in [0.25, 0.3) is 5.69 Å². The number of carbonyl (C=O) groups is 1. The van der Waals surface area contributed by atoms with Gasteiger partial charge in [0, 0.05) is 5.54 Å². The zero-order valence-electron chi connectivity index (χ0n) is 12.4. The van der Waals surface area contributed by atoms with Gasteiger partial charge in [-0.25, -0.2) is 4.79 Å². The summed E-state index contributed by atoms with van der Waals surface area (Å²) in [5.74, 6) is -0.260. The first-order chi connectivity index (χ1) is 9.93. The van der Waals surface area contributed by atoms with Gasteiger partial charge in [-0.1, -0.05) is 25.1 Å². The van der Waals surface area contributed by atoms with Crippen molar-refractivity contribution in [2.45, 2.75) is 39.3 Å². The number of hydrogen-bond acceptors (Lipinski definition) is 4. The van der Waals surface area contributed by atoms with Gasteiger partial charge in [0.05, 0.1) is 5.69 Å². The number of nitrogens with zero attached hydrogens (tertiary/aromatic N) is 4. The Hall–Kier alpha value is -2.44. The summed E-state index contributed by atoms with van der Waals surface area (Å²) >= 11 is 0. The number of carbonyl (C=O) groups excluding carboxylic acids is 1. The van der Waals surface area contributed by atoms with E-state index in [1.807, 2.05) is 26.8 Å². The molecule has 2 rings (SSSR count). The van der Waals surface area contributed by atoms with E-state index in [1.54, 1.807) is 24.3 Å². The number of amides is 1. The van der Waals surface area contributed by atoms with Gasteiger partial charge in [0.25, 0.3) is 0 Å². The Kier molecular flexibility index (Phi) is 4.21. The van der Waals surface area contributed by atoms with Gasteiger partial charge in [-0.15, -0.1) is 0 Å². The molecular weight excluding hydrogens is 270 g/mol. The Bertz CT molecular complexity index is 672. The second kappa shape index (κ2) is 5.90. The van der Waals surface area contributed by atoms with E-state index in [9.17, 15) is 9.59 Å². The minimum absolute atomic E-state index is 0.144. The van der Waals surface area contributed by atoms with Crippen LogP contribution in [0.1, 0.15) is 27.2 Å². The minimum Gasteiger partial charge on any atom is -0.350 e. The Morgan fingerprint density at radius 2 is 1.90 bits per heavy atom. The van der Waals surface area contributed by atoms with Crippen molar-refractivity contribution in [2.75, 3.05) is 0 Å². The van der Waals surface area contributed by atoms with Crippen LogP contribution in [0.15, 0.2) is 35.1 Å². The minimum atomic E-state index is -0.439. The summed E-state index contributed by atoms with van der Waals surface area (Å²) in [5, 5.41) is 10.4. The number of benzene rings is 1. The third-order valence-corrected chi connectivity index (χ3v) is 3.30. The Morgan fingerprint density at radius 3 is 2.52 bits per heavy atom. The predicted molar refractivity (Wildman–Crippen MR) is 78.1 cm³/mol. The lowest BCUT2D eigenvalue weighted by Crippen LogP contribution is -2.45. The summed E-state index contributed by atoms with van der Waals surface area (Å²) in [6.07, 6.45) is 0.796. The van der Waals surface area contributed by atoms with Crippen LogP contribution in [-0.4, -0.2) is 31.2 Å². The zero-order chi connectivity index (χ0) is 15.5. The second-order valence-electron chi connectivity index (χ2n) is 5.45. The molecule has 21 heavy (non-hydrogen) atoms. The van der Waals surface area contributed by atoms with Crippen LogP contribution in [0.5, 0.6) is 0 Å². The third-order valence-electron chi connectivity index (χ3n) is 3.30. The van der Waals surface area contributed by atoms with Gasteiger partial charge >= 0.3 is 5.69 Å². The maximum atomic E-state index is 12.2. The fraction of sp³-hybridized carbons (Fsp3) is 0.429. The highest BCUT2D eigenvalue weighted by molar-refractivity contribution is 5.76. The van der Waals surface area contributed by atoms with Crippen LogP contribution in [0.3, 0.4) is 0 Å². The van der Waals surface area contributed by atoms with E-state index in [1.165, 1.54) is 0 Å². The van der Waals surface area contributed by atoms with Gasteiger partial charge in [0.1, 0.15) is 6.54 Å². The summed E-state index contributed by atoms with van der Waals surface area (Å²) in [7, 11) is 0. The standard InChI is InChI=1S/C14H19N5O2/c1-4-14(2,3)15-12(20)10-18-13(21)19(17-16-18)11-8-6-5-7-9-11/h5-9H,4,10H2,1-3H3,(H,15,20). The molecule has 1 N–H and O–H groups in total. The van der Waals surface area contributed by atoms with Crippen molar-refractivity contribution in [3.8, 4) is 5.69 Å². The van der Waals surface area contributed by atoms with Crippen molar-refractivity contribution in [1.82, 2.24) is 25.1 Å². The van der Waals surface area contributed by atoms with Crippen LogP contribution in [0.2, 0.25) is 0 Å². The van der Waals surface area contributed by atoms with Gasteiger partial charge in [-0.3, -0.25) is 4.79 Å². The molecule has 0 saturated heterocycles. The van der Waals surface area contributed by atoms with Crippen LogP contribution < -0.4 is 11.0 Å². The molecule has 2 aromatic rings. The Balaban J connectivity index is 2.15. The molecule has 0 aliphatic heterocycles. The van der Waals surface area contributed by atoms with E-state index in [0.29, 0.717) is 5.69 Å². The van der Waals surface area contributed by atoms with E-state index in [-0.39, 0.29) is 18.0 Å². The molecule has 0 radical (unpaired) electrons. The molecule has 0 aliphatic carbocycles. The van der Waals surface area contributed by atoms with Gasteiger partial charge in [-0.2, -0.15) is 9.36 Å². The van der Waals surface area contributed by atoms with Gasteiger partial charge < -0.3 is 5.32 Å². The first kappa shape index (κ1) is 15.0. The first-order valence-electron chi connectivity index (χ1n) is 6.82. The number of para-hydroxylation sites is 1. The molecular formula is C14H19N5O2. The fourth-order valence-electron chi connectivity index (χ4n) is 1.75. The van der Waals surface area contributed by atoms with E-state index in [2.05, 4.69) is 15.7 Å². The van der Waals surface area contributed by atoms with Gasteiger partial charge in [-0.05, 0) is 42.8 Å². The number of rotatable bonds is 5. The largest absolute Gasteiger partial charge is 0.368 e. The number of nitrogens with one attached hydrogen (secondary N) is 1. The van der Waals surface area contributed by atoms with Crippen molar-refractivity contribution in [1.29, 1.82) is 0 Å². The predicted octanol–water partition coefficient (Wildman–Crippen LogP) is 0.734. The Morgan fingerprint density at radius 1 is 1.24 bits per heavy atom. The van der Waals surface area contributed by atoms with E-state index in [0.717, 1.165) is 15.8 Å². The molecule has 1 aromatic heterocycles. The lowest BCUT2D eigenvalue weighted by molar-refractivity contribution is -0.123. The van der Waals surface area contributed by atoms with Crippen molar-refractivity contribution in [3.63, 3.8) is 0 Å². The highest BCUT2D eigenvalue weighted by Crippen LogP contribution is 2.06. The van der Waals surface area contributed by atoms with E-state index < -0.39 is 5.69 Å².